The second-order valence-corrected chi connectivity index (χ2v) is 4.07. The van der Waals surface area contributed by atoms with Crippen LogP contribution in [0.3, 0.4) is 0 Å². The largest absolute Gasteiger partial charge is 0.501 e. The molecule has 2 aromatic carbocycles. The molecule has 0 aliphatic carbocycles. The zero-order valence-electron chi connectivity index (χ0n) is 11.1. The number of hydrogen-bond acceptors (Lipinski definition) is 3. The van der Waals surface area contributed by atoms with Crippen molar-refractivity contribution in [2.24, 2.45) is 0 Å². The standard InChI is InChI=1S/C16H16O3/c1-3-19-11-15(10-17)13-4-5-14-9-16(18-2)7-6-12(14)8-13/h4-11H,3H2,1-2H3/b15-11+. The molecule has 0 saturated carbocycles. The molecule has 0 bridgehead atoms. The first kappa shape index (κ1) is 13.1. The molecular formula is C16H16O3. The van der Waals surface area contributed by atoms with Crippen LogP contribution in [0.4, 0.5) is 0 Å². The van der Waals surface area contributed by atoms with Crippen molar-refractivity contribution in [3.8, 4) is 5.75 Å². The fraction of sp³-hybridized carbons (Fsp3) is 0.188. The van der Waals surface area contributed by atoms with Gasteiger partial charge in [-0.25, -0.2) is 0 Å². The van der Waals surface area contributed by atoms with E-state index in [1.165, 1.54) is 6.26 Å². The highest BCUT2D eigenvalue weighted by atomic mass is 16.5. The molecular weight excluding hydrogens is 240 g/mol. The average Bonchev–Trinajstić information content (AvgIpc) is 2.47. The number of rotatable bonds is 5. The van der Waals surface area contributed by atoms with Gasteiger partial charge in [0, 0.05) is 0 Å². The van der Waals surface area contributed by atoms with Crippen molar-refractivity contribution in [3.05, 3.63) is 48.2 Å². The second kappa shape index (κ2) is 6.05. The summed E-state index contributed by atoms with van der Waals surface area (Å²) in [5, 5.41) is 2.13. The fourth-order valence-corrected chi connectivity index (χ4v) is 1.87. The lowest BCUT2D eigenvalue weighted by Crippen LogP contribution is -1.89. The molecule has 3 heteroatoms. The van der Waals surface area contributed by atoms with Crippen molar-refractivity contribution < 1.29 is 14.3 Å². The molecule has 98 valence electrons. The number of carbonyl (C=O) groups is 1. The maximum atomic E-state index is 11.1. The fourth-order valence-electron chi connectivity index (χ4n) is 1.87. The highest BCUT2D eigenvalue weighted by molar-refractivity contribution is 6.07. The van der Waals surface area contributed by atoms with E-state index in [-0.39, 0.29) is 0 Å². The third kappa shape index (κ3) is 2.94. The molecule has 0 unspecified atom stereocenters. The first-order valence-corrected chi connectivity index (χ1v) is 6.13. The summed E-state index contributed by atoms with van der Waals surface area (Å²) in [5.74, 6) is 0.820. The molecule has 0 heterocycles. The van der Waals surface area contributed by atoms with E-state index >= 15 is 0 Å². The molecule has 2 aromatic rings. The monoisotopic (exact) mass is 256 g/mol. The molecule has 0 N–H and O–H groups in total. The molecule has 0 radical (unpaired) electrons. The van der Waals surface area contributed by atoms with Crippen molar-refractivity contribution in [3.63, 3.8) is 0 Å². The smallest absolute Gasteiger partial charge is 0.153 e. The van der Waals surface area contributed by atoms with E-state index in [4.69, 9.17) is 9.47 Å². The van der Waals surface area contributed by atoms with Crippen molar-refractivity contribution >= 4 is 22.6 Å². The average molecular weight is 256 g/mol. The summed E-state index contributed by atoms with van der Waals surface area (Å²) in [5.41, 5.74) is 1.39. The topological polar surface area (TPSA) is 35.5 Å². The number of methoxy groups -OCH3 is 1. The van der Waals surface area contributed by atoms with E-state index in [0.29, 0.717) is 12.2 Å². The minimum Gasteiger partial charge on any atom is -0.501 e. The van der Waals surface area contributed by atoms with E-state index in [1.54, 1.807) is 7.11 Å². The number of carbonyl (C=O) groups excluding carboxylic acids is 1. The van der Waals surface area contributed by atoms with Gasteiger partial charge in [0.2, 0.25) is 0 Å². The van der Waals surface area contributed by atoms with E-state index in [2.05, 4.69) is 0 Å². The van der Waals surface area contributed by atoms with Crippen LogP contribution in [0, 0.1) is 0 Å². The molecule has 0 aliphatic rings. The molecule has 0 fully saturated rings. The van der Waals surface area contributed by atoms with Gasteiger partial charge in [-0.05, 0) is 41.5 Å². The van der Waals surface area contributed by atoms with Gasteiger partial charge < -0.3 is 9.47 Å². The Morgan fingerprint density at radius 1 is 1.16 bits per heavy atom. The molecule has 0 atom stereocenters. The summed E-state index contributed by atoms with van der Waals surface area (Å²) >= 11 is 0. The van der Waals surface area contributed by atoms with Crippen LogP contribution < -0.4 is 4.74 Å². The SMILES string of the molecule is CCO/C=C(\C=O)c1ccc2cc(OC)ccc2c1. The lowest BCUT2D eigenvalue weighted by Gasteiger charge is -2.06. The van der Waals surface area contributed by atoms with Crippen LogP contribution in [-0.2, 0) is 9.53 Å². The Hall–Kier alpha value is -2.29. The van der Waals surface area contributed by atoms with Crippen LogP contribution in [0.5, 0.6) is 5.75 Å². The Balaban J connectivity index is 2.43. The first-order chi connectivity index (χ1) is 9.28. The number of aldehydes is 1. The van der Waals surface area contributed by atoms with Gasteiger partial charge in [0.1, 0.15) is 5.75 Å². The summed E-state index contributed by atoms with van der Waals surface area (Å²) in [6.07, 6.45) is 2.30. The molecule has 3 nitrogen and oxygen atoms in total. The van der Waals surface area contributed by atoms with Gasteiger partial charge in [-0.2, -0.15) is 0 Å². The quantitative estimate of drug-likeness (QED) is 0.467. The van der Waals surface area contributed by atoms with Gasteiger partial charge in [0.05, 0.1) is 25.6 Å². The van der Waals surface area contributed by atoms with Crippen molar-refractivity contribution in [2.75, 3.05) is 13.7 Å². The number of benzene rings is 2. The minimum absolute atomic E-state index is 0.541. The lowest BCUT2D eigenvalue weighted by molar-refractivity contribution is -0.103. The second-order valence-electron chi connectivity index (χ2n) is 4.07. The highest BCUT2D eigenvalue weighted by Crippen LogP contribution is 2.24. The molecule has 0 amide bonds. The maximum Gasteiger partial charge on any atom is 0.153 e. The van der Waals surface area contributed by atoms with Crippen LogP contribution in [0.15, 0.2) is 42.7 Å². The number of fused-ring (bicyclic) bond motifs is 1. The molecule has 0 aromatic heterocycles. The third-order valence-corrected chi connectivity index (χ3v) is 2.88. The van der Waals surface area contributed by atoms with Crippen LogP contribution in [0.25, 0.3) is 16.3 Å². The van der Waals surface area contributed by atoms with E-state index < -0.39 is 0 Å². The Labute approximate surface area is 112 Å². The van der Waals surface area contributed by atoms with Crippen LogP contribution >= 0.6 is 0 Å². The number of allylic oxidation sites excluding steroid dienone is 1. The van der Waals surface area contributed by atoms with Gasteiger partial charge >= 0.3 is 0 Å². The van der Waals surface area contributed by atoms with Crippen LogP contribution in [0.2, 0.25) is 0 Å². The zero-order valence-corrected chi connectivity index (χ0v) is 11.1. The first-order valence-electron chi connectivity index (χ1n) is 6.13. The molecule has 0 aliphatic heterocycles. The maximum absolute atomic E-state index is 11.1. The minimum atomic E-state index is 0.541. The zero-order chi connectivity index (χ0) is 13.7. The van der Waals surface area contributed by atoms with E-state index in [9.17, 15) is 4.79 Å². The van der Waals surface area contributed by atoms with Crippen molar-refractivity contribution in [1.82, 2.24) is 0 Å². The Bertz CT molecular complexity index is 614. The van der Waals surface area contributed by atoms with Crippen molar-refractivity contribution in [1.29, 1.82) is 0 Å². The van der Waals surface area contributed by atoms with E-state index in [1.807, 2.05) is 43.3 Å². The molecule has 0 spiro atoms. The predicted octanol–water partition coefficient (Wildman–Crippen LogP) is 3.42. The Kier molecular flexibility index (Phi) is 4.18. The Morgan fingerprint density at radius 2 is 1.89 bits per heavy atom. The molecule has 2 rings (SSSR count). The summed E-state index contributed by atoms with van der Waals surface area (Å²) in [7, 11) is 1.64. The highest BCUT2D eigenvalue weighted by Gasteiger charge is 2.03. The Morgan fingerprint density at radius 3 is 2.58 bits per heavy atom. The van der Waals surface area contributed by atoms with Gasteiger partial charge in [0.15, 0.2) is 6.29 Å². The van der Waals surface area contributed by atoms with Crippen molar-refractivity contribution in [2.45, 2.75) is 6.92 Å². The van der Waals surface area contributed by atoms with Gasteiger partial charge in [0.25, 0.3) is 0 Å². The lowest BCUT2D eigenvalue weighted by atomic mass is 10.0. The third-order valence-electron chi connectivity index (χ3n) is 2.88. The number of ether oxygens (including phenoxy) is 2. The predicted molar refractivity (Wildman–Crippen MR) is 76.2 cm³/mol. The van der Waals surface area contributed by atoms with Crippen LogP contribution in [0.1, 0.15) is 12.5 Å². The van der Waals surface area contributed by atoms with E-state index in [0.717, 1.165) is 28.4 Å². The summed E-state index contributed by atoms with van der Waals surface area (Å²) < 4.78 is 10.4. The summed E-state index contributed by atoms with van der Waals surface area (Å²) in [6.45, 7) is 2.42. The van der Waals surface area contributed by atoms with Gasteiger partial charge in [-0.1, -0.05) is 18.2 Å². The van der Waals surface area contributed by atoms with Gasteiger partial charge in [-0.3, -0.25) is 4.79 Å². The van der Waals surface area contributed by atoms with Crippen LogP contribution in [-0.4, -0.2) is 20.0 Å². The summed E-state index contributed by atoms with van der Waals surface area (Å²) in [6, 6.07) is 11.7. The number of hydrogen-bond donors (Lipinski definition) is 0. The summed E-state index contributed by atoms with van der Waals surface area (Å²) in [4.78, 5) is 11.1. The molecule has 0 saturated heterocycles. The molecule has 19 heavy (non-hydrogen) atoms. The normalized spacial score (nSPS) is 11.4. The van der Waals surface area contributed by atoms with Gasteiger partial charge in [-0.15, -0.1) is 0 Å².